The van der Waals surface area contributed by atoms with Crippen LogP contribution in [0.15, 0.2) is 12.1 Å². The Morgan fingerprint density at radius 1 is 1.12 bits per heavy atom. The number of nitrogens with zero attached hydrogens (tertiary/aromatic N) is 2. The zero-order chi connectivity index (χ0) is 18.2. The largest absolute Gasteiger partial charge is 0.493 e. The lowest BCUT2D eigenvalue weighted by Crippen LogP contribution is -2.50. The first kappa shape index (κ1) is 18.4. The van der Waals surface area contributed by atoms with Gasteiger partial charge in [-0.2, -0.15) is 17.0 Å². The summed E-state index contributed by atoms with van der Waals surface area (Å²) >= 11 is 0. The molecular weight excluding hydrogens is 344 g/mol. The van der Waals surface area contributed by atoms with Crippen molar-refractivity contribution in [1.29, 1.82) is 0 Å². The maximum Gasteiger partial charge on any atom is 0.281 e. The smallest absolute Gasteiger partial charge is 0.281 e. The highest BCUT2D eigenvalue weighted by Crippen LogP contribution is 2.45. The molecule has 2 aliphatic heterocycles. The predicted octanol–water partition coefficient (Wildman–Crippen LogP) is 1.37. The van der Waals surface area contributed by atoms with Crippen molar-refractivity contribution in [3.8, 4) is 11.5 Å². The molecule has 7 nitrogen and oxygen atoms in total. The Bertz CT molecular complexity index is 740. The first-order chi connectivity index (χ1) is 11.8. The summed E-state index contributed by atoms with van der Waals surface area (Å²) in [4.78, 5) is 0. The molecule has 2 aliphatic rings. The van der Waals surface area contributed by atoms with E-state index in [1.54, 1.807) is 28.3 Å². The van der Waals surface area contributed by atoms with Gasteiger partial charge in [-0.05, 0) is 42.5 Å². The Labute approximate surface area is 149 Å². The molecule has 0 unspecified atom stereocenters. The van der Waals surface area contributed by atoms with Gasteiger partial charge in [0.05, 0.1) is 26.4 Å². The van der Waals surface area contributed by atoms with Crippen LogP contribution < -0.4 is 9.47 Å². The first-order valence-electron chi connectivity index (χ1n) is 8.41. The van der Waals surface area contributed by atoms with E-state index < -0.39 is 15.8 Å². The minimum Gasteiger partial charge on any atom is -0.493 e. The van der Waals surface area contributed by atoms with Gasteiger partial charge in [-0.15, -0.1) is 0 Å². The van der Waals surface area contributed by atoms with Crippen LogP contribution in [-0.4, -0.2) is 65.0 Å². The molecule has 25 heavy (non-hydrogen) atoms. The van der Waals surface area contributed by atoms with Gasteiger partial charge in [0, 0.05) is 27.2 Å². The van der Waals surface area contributed by atoms with E-state index in [0.717, 1.165) is 12.0 Å². The number of benzene rings is 1. The molecule has 0 N–H and O–H groups in total. The lowest BCUT2D eigenvalue weighted by molar-refractivity contribution is -0.0896. The van der Waals surface area contributed by atoms with Gasteiger partial charge in [0.1, 0.15) is 0 Å². The number of rotatable bonds is 4. The van der Waals surface area contributed by atoms with Crippen molar-refractivity contribution < 1.29 is 22.6 Å². The Morgan fingerprint density at radius 2 is 1.72 bits per heavy atom. The van der Waals surface area contributed by atoms with Crippen molar-refractivity contribution in [3.05, 3.63) is 23.3 Å². The predicted molar refractivity (Wildman–Crippen MR) is 94.3 cm³/mol. The minimum atomic E-state index is -3.39. The Hall–Kier alpha value is -1.35. The summed E-state index contributed by atoms with van der Waals surface area (Å²) in [6.07, 6.45) is 2.07. The molecule has 0 radical (unpaired) electrons. The van der Waals surface area contributed by atoms with E-state index in [2.05, 4.69) is 0 Å². The molecule has 1 fully saturated rings. The van der Waals surface area contributed by atoms with Crippen molar-refractivity contribution in [1.82, 2.24) is 8.61 Å². The van der Waals surface area contributed by atoms with Gasteiger partial charge in [0.15, 0.2) is 11.5 Å². The second kappa shape index (κ2) is 6.75. The van der Waals surface area contributed by atoms with Crippen LogP contribution >= 0.6 is 0 Å². The molecule has 1 saturated heterocycles. The molecule has 1 aromatic carbocycles. The molecule has 1 aromatic rings. The summed E-state index contributed by atoms with van der Waals surface area (Å²) in [6, 6.07) is 4.00. The molecular formula is C17H26N2O5S. The number of fused-ring (bicyclic) bond motifs is 2. The van der Waals surface area contributed by atoms with Gasteiger partial charge in [0.25, 0.3) is 10.2 Å². The van der Waals surface area contributed by atoms with Crippen LogP contribution in [0.2, 0.25) is 0 Å². The third kappa shape index (κ3) is 3.12. The molecule has 1 spiro atoms. The van der Waals surface area contributed by atoms with Crippen molar-refractivity contribution in [3.63, 3.8) is 0 Å². The summed E-state index contributed by atoms with van der Waals surface area (Å²) in [6.45, 7) is 1.51. The van der Waals surface area contributed by atoms with Gasteiger partial charge in [-0.3, -0.25) is 0 Å². The maximum absolute atomic E-state index is 12.4. The van der Waals surface area contributed by atoms with Crippen molar-refractivity contribution in [2.24, 2.45) is 0 Å². The van der Waals surface area contributed by atoms with E-state index in [9.17, 15) is 8.42 Å². The molecule has 0 atom stereocenters. The number of ether oxygens (including phenoxy) is 3. The Morgan fingerprint density at radius 3 is 2.28 bits per heavy atom. The summed E-state index contributed by atoms with van der Waals surface area (Å²) in [5.74, 6) is 1.39. The number of hydrogen-bond donors (Lipinski definition) is 0. The standard InChI is InChI=1S/C17H26N2O5S/c1-18(2)25(20,21)19-8-6-17(7-9-19)14-12-16(23-4)15(22-3)11-13(14)5-10-24-17/h11-12H,5-10H2,1-4H3. The Kier molecular flexibility index (Phi) is 4.98. The number of piperidine rings is 1. The van der Waals surface area contributed by atoms with Crippen molar-refractivity contribution in [2.75, 3.05) is 48.0 Å². The van der Waals surface area contributed by atoms with Gasteiger partial charge in [0.2, 0.25) is 0 Å². The highest BCUT2D eigenvalue weighted by atomic mass is 32.2. The van der Waals surface area contributed by atoms with Crippen molar-refractivity contribution in [2.45, 2.75) is 24.9 Å². The van der Waals surface area contributed by atoms with Gasteiger partial charge in [-0.1, -0.05) is 0 Å². The zero-order valence-corrected chi connectivity index (χ0v) is 16.1. The summed E-state index contributed by atoms with van der Waals surface area (Å²) < 4.78 is 44.6. The van der Waals surface area contributed by atoms with E-state index in [0.29, 0.717) is 44.0 Å². The second-order valence-electron chi connectivity index (χ2n) is 6.65. The van der Waals surface area contributed by atoms with Gasteiger partial charge < -0.3 is 14.2 Å². The highest BCUT2D eigenvalue weighted by molar-refractivity contribution is 7.86. The quantitative estimate of drug-likeness (QED) is 0.801. The van der Waals surface area contributed by atoms with E-state index in [-0.39, 0.29) is 0 Å². The molecule has 0 amide bonds. The van der Waals surface area contributed by atoms with Crippen LogP contribution in [0, 0.1) is 0 Å². The summed E-state index contributed by atoms with van der Waals surface area (Å²) in [5, 5.41) is 0. The van der Waals surface area contributed by atoms with Crippen LogP contribution in [0.4, 0.5) is 0 Å². The van der Waals surface area contributed by atoms with Gasteiger partial charge in [-0.25, -0.2) is 0 Å². The third-order valence-corrected chi connectivity index (χ3v) is 7.11. The molecule has 140 valence electrons. The SMILES string of the molecule is COc1cc2c(cc1OC)C1(CCN(S(=O)(=O)N(C)C)CC1)OCC2. The molecule has 0 aromatic heterocycles. The number of hydrogen-bond acceptors (Lipinski definition) is 5. The van der Waals surface area contributed by atoms with E-state index in [1.165, 1.54) is 14.2 Å². The fourth-order valence-corrected chi connectivity index (χ4v) is 4.81. The monoisotopic (exact) mass is 370 g/mol. The molecule has 0 aliphatic carbocycles. The maximum atomic E-state index is 12.4. The average Bonchev–Trinajstić information content (AvgIpc) is 2.61. The molecule has 0 saturated carbocycles. The summed E-state index contributed by atoms with van der Waals surface area (Å²) in [5.41, 5.74) is 1.83. The second-order valence-corrected chi connectivity index (χ2v) is 8.79. The van der Waals surface area contributed by atoms with E-state index in [4.69, 9.17) is 14.2 Å². The van der Waals surface area contributed by atoms with Gasteiger partial charge >= 0.3 is 0 Å². The average molecular weight is 370 g/mol. The third-order valence-electron chi connectivity index (χ3n) is 5.17. The number of methoxy groups -OCH3 is 2. The lowest BCUT2D eigenvalue weighted by Gasteiger charge is -2.45. The fraction of sp³-hybridized carbons (Fsp3) is 0.647. The first-order valence-corrected chi connectivity index (χ1v) is 9.81. The van der Waals surface area contributed by atoms with Crippen LogP contribution in [0.1, 0.15) is 24.0 Å². The zero-order valence-electron chi connectivity index (χ0n) is 15.2. The van der Waals surface area contributed by atoms with Crippen LogP contribution in [-0.2, 0) is 27.0 Å². The Balaban J connectivity index is 1.91. The van der Waals surface area contributed by atoms with Crippen molar-refractivity contribution >= 4 is 10.2 Å². The van der Waals surface area contributed by atoms with Crippen LogP contribution in [0.3, 0.4) is 0 Å². The topological polar surface area (TPSA) is 68.3 Å². The molecule has 0 bridgehead atoms. The fourth-order valence-electron chi connectivity index (χ4n) is 3.71. The van der Waals surface area contributed by atoms with E-state index >= 15 is 0 Å². The summed E-state index contributed by atoms with van der Waals surface area (Å²) in [7, 11) is 2.97. The lowest BCUT2D eigenvalue weighted by atomic mass is 9.79. The normalized spacial score (nSPS) is 20.5. The van der Waals surface area contributed by atoms with Crippen LogP contribution in [0.25, 0.3) is 0 Å². The molecule has 8 heteroatoms. The molecule has 2 heterocycles. The van der Waals surface area contributed by atoms with E-state index in [1.807, 2.05) is 12.1 Å². The highest BCUT2D eigenvalue weighted by Gasteiger charge is 2.44. The minimum absolute atomic E-state index is 0.439. The van der Waals surface area contributed by atoms with Crippen LogP contribution in [0.5, 0.6) is 11.5 Å². The molecule has 3 rings (SSSR count).